The van der Waals surface area contributed by atoms with Gasteiger partial charge in [0.1, 0.15) is 0 Å². The average Bonchev–Trinajstić information content (AvgIpc) is 2.68. The van der Waals surface area contributed by atoms with E-state index >= 15 is 0 Å². The van der Waals surface area contributed by atoms with Gasteiger partial charge in [-0.1, -0.05) is 66.7 Å². The fourth-order valence-corrected chi connectivity index (χ4v) is 4.52. The standard InChI is InChI=1S/C21H28O3Si/c1-22-25(23-2,24-3)18-8-13-21-16-14-20(15-17-21)12-7-11-19-9-5-4-6-10-19/h4-7,9-11,14-17H,8,12-13,18H2,1-3H3. The summed E-state index contributed by atoms with van der Waals surface area (Å²) in [7, 11) is 2.55. The monoisotopic (exact) mass is 356 g/mol. The summed E-state index contributed by atoms with van der Waals surface area (Å²) in [5, 5.41) is 0. The molecule has 0 aromatic heterocycles. The second kappa shape index (κ2) is 10.3. The summed E-state index contributed by atoms with van der Waals surface area (Å²) < 4.78 is 16.4. The second-order valence-corrected chi connectivity index (χ2v) is 9.07. The molecule has 0 fully saturated rings. The van der Waals surface area contributed by atoms with Crippen LogP contribution in [0.2, 0.25) is 6.04 Å². The lowest BCUT2D eigenvalue weighted by atomic mass is 10.1. The van der Waals surface area contributed by atoms with Gasteiger partial charge >= 0.3 is 8.80 Å². The summed E-state index contributed by atoms with van der Waals surface area (Å²) in [5.41, 5.74) is 3.90. The minimum atomic E-state index is -2.44. The van der Waals surface area contributed by atoms with E-state index in [4.69, 9.17) is 13.3 Å². The van der Waals surface area contributed by atoms with Gasteiger partial charge in [-0.25, -0.2) is 0 Å². The normalized spacial score (nSPS) is 12.0. The third kappa shape index (κ3) is 6.25. The van der Waals surface area contributed by atoms with Crippen molar-refractivity contribution in [1.29, 1.82) is 0 Å². The van der Waals surface area contributed by atoms with E-state index in [2.05, 4.69) is 60.7 Å². The molecule has 2 aromatic rings. The zero-order valence-electron chi connectivity index (χ0n) is 15.4. The first-order chi connectivity index (χ1) is 12.2. The molecule has 0 N–H and O–H groups in total. The van der Waals surface area contributed by atoms with Gasteiger partial charge in [-0.3, -0.25) is 0 Å². The number of allylic oxidation sites excluding steroid dienone is 1. The van der Waals surface area contributed by atoms with Crippen LogP contribution in [0.25, 0.3) is 6.08 Å². The van der Waals surface area contributed by atoms with Crippen molar-refractivity contribution in [3.05, 3.63) is 77.4 Å². The van der Waals surface area contributed by atoms with Crippen molar-refractivity contribution in [2.24, 2.45) is 0 Å². The van der Waals surface area contributed by atoms with E-state index in [1.54, 1.807) is 21.3 Å². The molecular weight excluding hydrogens is 328 g/mol. The molecule has 0 saturated heterocycles. The SMILES string of the molecule is CO[Si](CCCc1ccc(CC=Cc2ccccc2)cc1)(OC)OC. The minimum Gasteiger partial charge on any atom is -0.377 e. The summed E-state index contributed by atoms with van der Waals surface area (Å²) in [6.45, 7) is 0. The maximum Gasteiger partial charge on any atom is 0.500 e. The fourth-order valence-electron chi connectivity index (χ4n) is 2.80. The quantitative estimate of drug-likeness (QED) is 0.575. The van der Waals surface area contributed by atoms with Crippen molar-refractivity contribution in [2.75, 3.05) is 21.3 Å². The average molecular weight is 357 g/mol. The Bertz CT molecular complexity index is 626. The summed E-state index contributed by atoms with van der Waals surface area (Å²) in [5.74, 6) is 0. The Balaban J connectivity index is 1.80. The van der Waals surface area contributed by atoms with Crippen molar-refractivity contribution < 1.29 is 13.3 Å². The van der Waals surface area contributed by atoms with Crippen LogP contribution in [-0.2, 0) is 26.1 Å². The maximum absolute atomic E-state index is 5.46. The molecule has 134 valence electrons. The second-order valence-electron chi connectivity index (χ2n) is 5.98. The van der Waals surface area contributed by atoms with Crippen molar-refractivity contribution in [3.8, 4) is 0 Å². The Hall–Kier alpha value is -1.72. The summed E-state index contributed by atoms with van der Waals surface area (Å²) in [6.07, 6.45) is 7.32. The molecule has 0 spiro atoms. The Morgan fingerprint density at radius 1 is 0.800 bits per heavy atom. The smallest absolute Gasteiger partial charge is 0.377 e. The van der Waals surface area contributed by atoms with Gasteiger partial charge in [-0.15, -0.1) is 0 Å². The molecule has 25 heavy (non-hydrogen) atoms. The zero-order chi connectivity index (χ0) is 18.0. The lowest BCUT2D eigenvalue weighted by molar-refractivity contribution is 0.123. The van der Waals surface area contributed by atoms with Gasteiger partial charge in [0, 0.05) is 27.4 Å². The van der Waals surface area contributed by atoms with Crippen LogP contribution in [0.3, 0.4) is 0 Å². The highest BCUT2D eigenvalue weighted by Gasteiger charge is 2.36. The van der Waals surface area contributed by atoms with Crippen LogP contribution in [0.1, 0.15) is 23.1 Å². The molecule has 0 aliphatic carbocycles. The van der Waals surface area contributed by atoms with E-state index in [-0.39, 0.29) is 0 Å². The molecule has 4 heteroatoms. The molecule has 0 amide bonds. The van der Waals surface area contributed by atoms with Crippen LogP contribution in [0, 0.1) is 0 Å². The van der Waals surface area contributed by atoms with Crippen molar-refractivity contribution in [1.82, 2.24) is 0 Å². The molecule has 2 rings (SSSR count). The summed E-state index contributed by atoms with van der Waals surface area (Å²) >= 11 is 0. The molecule has 3 nitrogen and oxygen atoms in total. The number of hydrogen-bond acceptors (Lipinski definition) is 3. The van der Waals surface area contributed by atoms with Crippen LogP contribution in [0.15, 0.2) is 60.7 Å². The molecule has 0 aliphatic rings. The number of benzene rings is 2. The maximum atomic E-state index is 5.46. The molecule has 0 unspecified atom stereocenters. The highest BCUT2D eigenvalue weighted by Crippen LogP contribution is 2.17. The molecule has 0 saturated carbocycles. The molecule has 0 radical (unpaired) electrons. The first-order valence-corrected chi connectivity index (χ1v) is 10.6. The molecule has 0 aliphatic heterocycles. The Labute approximate surface area is 152 Å². The lowest BCUT2D eigenvalue weighted by Gasteiger charge is -2.24. The fraction of sp³-hybridized carbons (Fsp3) is 0.333. The van der Waals surface area contributed by atoms with Gasteiger partial charge in [-0.05, 0) is 36.0 Å². The van der Waals surface area contributed by atoms with E-state index in [0.717, 1.165) is 25.3 Å². The molecular formula is C21H28O3Si. The van der Waals surface area contributed by atoms with Crippen molar-refractivity contribution in [3.63, 3.8) is 0 Å². The number of aryl methyl sites for hydroxylation is 1. The molecule has 0 atom stereocenters. The van der Waals surface area contributed by atoms with Crippen LogP contribution in [0.4, 0.5) is 0 Å². The minimum absolute atomic E-state index is 0.831. The Kier molecular flexibility index (Phi) is 8.08. The van der Waals surface area contributed by atoms with Crippen LogP contribution in [0.5, 0.6) is 0 Å². The lowest BCUT2D eigenvalue weighted by Crippen LogP contribution is -2.42. The molecule has 0 heterocycles. The first-order valence-electron chi connectivity index (χ1n) is 8.66. The van der Waals surface area contributed by atoms with E-state index in [0.29, 0.717) is 0 Å². The van der Waals surface area contributed by atoms with Crippen LogP contribution in [-0.4, -0.2) is 30.1 Å². The summed E-state index contributed by atoms with van der Waals surface area (Å²) in [6, 6.07) is 20.0. The van der Waals surface area contributed by atoms with Gasteiger partial charge in [0.05, 0.1) is 0 Å². The predicted octanol–water partition coefficient (Wildman–Crippen LogP) is 4.75. The highest BCUT2D eigenvalue weighted by atomic mass is 28.4. The third-order valence-corrected chi connectivity index (χ3v) is 7.20. The van der Waals surface area contributed by atoms with Crippen LogP contribution < -0.4 is 0 Å². The van der Waals surface area contributed by atoms with E-state index in [9.17, 15) is 0 Å². The molecule has 2 aromatic carbocycles. The molecule has 0 bridgehead atoms. The Morgan fingerprint density at radius 2 is 1.40 bits per heavy atom. The number of rotatable bonds is 10. The predicted molar refractivity (Wildman–Crippen MR) is 106 cm³/mol. The van der Waals surface area contributed by atoms with Gasteiger partial charge in [0.15, 0.2) is 0 Å². The number of hydrogen-bond donors (Lipinski definition) is 0. The largest absolute Gasteiger partial charge is 0.500 e. The summed E-state index contributed by atoms with van der Waals surface area (Å²) in [4.78, 5) is 0. The van der Waals surface area contributed by atoms with Gasteiger partial charge in [0.2, 0.25) is 0 Å². The van der Waals surface area contributed by atoms with E-state index < -0.39 is 8.80 Å². The Morgan fingerprint density at radius 3 is 2.00 bits per heavy atom. The van der Waals surface area contributed by atoms with Crippen molar-refractivity contribution in [2.45, 2.75) is 25.3 Å². The first kappa shape index (κ1) is 19.6. The van der Waals surface area contributed by atoms with Gasteiger partial charge < -0.3 is 13.3 Å². The van der Waals surface area contributed by atoms with E-state index in [1.165, 1.54) is 16.7 Å². The zero-order valence-corrected chi connectivity index (χ0v) is 16.4. The van der Waals surface area contributed by atoms with Crippen molar-refractivity contribution >= 4 is 14.9 Å². The van der Waals surface area contributed by atoms with Gasteiger partial charge in [-0.2, -0.15) is 0 Å². The van der Waals surface area contributed by atoms with E-state index in [1.807, 2.05) is 6.07 Å². The van der Waals surface area contributed by atoms with Crippen LogP contribution >= 0.6 is 0 Å². The topological polar surface area (TPSA) is 27.7 Å². The highest BCUT2D eigenvalue weighted by molar-refractivity contribution is 6.60. The third-order valence-electron chi connectivity index (χ3n) is 4.37. The van der Waals surface area contributed by atoms with Gasteiger partial charge in [0.25, 0.3) is 0 Å².